The van der Waals surface area contributed by atoms with Gasteiger partial charge in [0, 0.05) is 7.05 Å². The summed E-state index contributed by atoms with van der Waals surface area (Å²) in [6.07, 6.45) is 0.963. The Hall–Kier alpha value is -0.540. The van der Waals surface area contributed by atoms with Crippen LogP contribution in [0.5, 0.6) is 0 Å². The van der Waals surface area contributed by atoms with Crippen LogP contribution in [0.15, 0.2) is 0 Å². The number of rotatable bonds is 6. The number of nitrogens with one attached hydrogen (secondary N) is 1. The number of halogens is 1. The molecular weight excluding hydrogens is 270 g/mol. The predicted octanol–water partition coefficient (Wildman–Crippen LogP) is 3.83. The van der Waals surface area contributed by atoms with Crippen LogP contribution in [0.25, 0.3) is 0 Å². The second-order valence-corrected chi connectivity index (χ2v) is 7.67. The van der Waals surface area contributed by atoms with Crippen LogP contribution in [-0.4, -0.2) is 22.9 Å². The molecule has 0 amide bonds. The van der Waals surface area contributed by atoms with Crippen LogP contribution in [0.1, 0.15) is 46.0 Å². The molecule has 116 valence electrons. The van der Waals surface area contributed by atoms with Crippen LogP contribution >= 0.6 is 11.6 Å². The summed E-state index contributed by atoms with van der Waals surface area (Å²) in [6.45, 7) is 15.4. The van der Waals surface area contributed by atoms with Crippen molar-refractivity contribution in [1.82, 2.24) is 15.1 Å². The standard InChI is InChI=1S/C16H30ClN3/c1-11(2)9-18-10-13(16(4,5)6)8-14-15(17)12(3)19-20(14)7/h11,13,18H,8-10H2,1-7H3. The van der Waals surface area contributed by atoms with Crippen molar-refractivity contribution in [3.05, 3.63) is 16.4 Å². The van der Waals surface area contributed by atoms with Crippen molar-refractivity contribution in [2.45, 2.75) is 48.0 Å². The molecule has 1 rings (SSSR count). The summed E-state index contributed by atoms with van der Waals surface area (Å²) in [4.78, 5) is 0. The summed E-state index contributed by atoms with van der Waals surface area (Å²) >= 11 is 6.39. The Morgan fingerprint density at radius 1 is 1.25 bits per heavy atom. The number of hydrogen-bond donors (Lipinski definition) is 1. The Bertz CT molecular complexity index is 430. The molecule has 20 heavy (non-hydrogen) atoms. The molecule has 0 bridgehead atoms. The average Bonchev–Trinajstić information content (AvgIpc) is 2.52. The lowest BCUT2D eigenvalue weighted by molar-refractivity contribution is 0.225. The summed E-state index contributed by atoms with van der Waals surface area (Å²) in [5.41, 5.74) is 2.31. The Morgan fingerprint density at radius 3 is 2.25 bits per heavy atom. The van der Waals surface area contributed by atoms with E-state index in [1.165, 1.54) is 0 Å². The highest BCUT2D eigenvalue weighted by molar-refractivity contribution is 6.31. The molecule has 1 atom stereocenters. The molecule has 0 saturated carbocycles. The van der Waals surface area contributed by atoms with Crippen LogP contribution in [0, 0.1) is 24.2 Å². The van der Waals surface area contributed by atoms with Gasteiger partial charge in [-0.3, -0.25) is 4.68 Å². The molecule has 0 spiro atoms. The maximum absolute atomic E-state index is 6.39. The molecule has 1 aromatic rings. The zero-order chi connectivity index (χ0) is 15.5. The van der Waals surface area contributed by atoms with Crippen molar-refractivity contribution < 1.29 is 0 Å². The predicted molar refractivity (Wildman–Crippen MR) is 87.3 cm³/mol. The van der Waals surface area contributed by atoms with Crippen molar-refractivity contribution >= 4 is 11.6 Å². The van der Waals surface area contributed by atoms with Crippen LogP contribution in [0.2, 0.25) is 5.02 Å². The first-order valence-corrected chi connectivity index (χ1v) is 7.89. The molecule has 0 aliphatic carbocycles. The molecule has 1 aromatic heterocycles. The minimum Gasteiger partial charge on any atom is -0.316 e. The van der Waals surface area contributed by atoms with E-state index in [-0.39, 0.29) is 5.41 Å². The van der Waals surface area contributed by atoms with Crippen LogP contribution in [0.4, 0.5) is 0 Å². The van der Waals surface area contributed by atoms with Gasteiger partial charge in [0.05, 0.1) is 16.4 Å². The van der Waals surface area contributed by atoms with Crippen molar-refractivity contribution in [2.24, 2.45) is 24.3 Å². The second kappa shape index (κ2) is 6.95. The van der Waals surface area contributed by atoms with Crippen molar-refractivity contribution in [3.8, 4) is 0 Å². The number of hydrogen-bond acceptors (Lipinski definition) is 2. The molecule has 3 nitrogen and oxygen atoms in total. The molecule has 0 aromatic carbocycles. The lowest BCUT2D eigenvalue weighted by atomic mass is 9.78. The molecule has 0 radical (unpaired) electrons. The van der Waals surface area contributed by atoms with Gasteiger partial charge >= 0.3 is 0 Å². The molecule has 0 saturated heterocycles. The largest absolute Gasteiger partial charge is 0.316 e. The monoisotopic (exact) mass is 299 g/mol. The third-order valence-electron chi connectivity index (χ3n) is 3.87. The SMILES string of the molecule is Cc1nn(C)c(CC(CNCC(C)C)C(C)(C)C)c1Cl. The first kappa shape index (κ1) is 17.5. The van der Waals surface area contributed by atoms with Crippen LogP contribution in [-0.2, 0) is 13.5 Å². The van der Waals surface area contributed by atoms with Gasteiger partial charge in [-0.2, -0.15) is 5.10 Å². The molecule has 0 aliphatic heterocycles. The molecule has 4 heteroatoms. The van der Waals surface area contributed by atoms with Gasteiger partial charge in [0.1, 0.15) is 0 Å². The number of nitrogens with zero attached hydrogens (tertiary/aromatic N) is 2. The Labute approximate surface area is 129 Å². The highest BCUT2D eigenvalue weighted by Crippen LogP contribution is 2.31. The van der Waals surface area contributed by atoms with E-state index in [4.69, 9.17) is 11.6 Å². The quantitative estimate of drug-likeness (QED) is 0.865. The van der Waals surface area contributed by atoms with E-state index in [2.05, 4.69) is 45.0 Å². The fraction of sp³-hybridized carbons (Fsp3) is 0.812. The third kappa shape index (κ3) is 4.78. The minimum atomic E-state index is 0.242. The molecular formula is C16H30ClN3. The molecule has 1 unspecified atom stereocenters. The number of aromatic nitrogens is 2. The van der Waals surface area contributed by atoms with Gasteiger partial charge < -0.3 is 5.32 Å². The Balaban J connectivity index is 2.79. The van der Waals surface area contributed by atoms with Gasteiger partial charge in [-0.05, 0) is 43.7 Å². The Morgan fingerprint density at radius 2 is 1.85 bits per heavy atom. The fourth-order valence-corrected chi connectivity index (χ4v) is 2.60. The van der Waals surface area contributed by atoms with E-state index in [0.717, 1.165) is 35.9 Å². The van der Waals surface area contributed by atoms with Crippen LogP contribution in [0.3, 0.4) is 0 Å². The highest BCUT2D eigenvalue weighted by Gasteiger charge is 2.27. The maximum atomic E-state index is 6.39. The number of aryl methyl sites for hydroxylation is 2. The summed E-state index contributed by atoms with van der Waals surface area (Å²) in [6, 6.07) is 0. The van der Waals surface area contributed by atoms with Gasteiger partial charge in [-0.15, -0.1) is 0 Å². The summed E-state index contributed by atoms with van der Waals surface area (Å²) in [7, 11) is 1.98. The zero-order valence-corrected chi connectivity index (χ0v) is 14.8. The molecule has 0 aliphatic rings. The van der Waals surface area contributed by atoms with Gasteiger partial charge in [-0.25, -0.2) is 0 Å². The van der Waals surface area contributed by atoms with E-state index in [0.29, 0.717) is 11.8 Å². The lowest BCUT2D eigenvalue weighted by Gasteiger charge is -2.31. The van der Waals surface area contributed by atoms with E-state index >= 15 is 0 Å². The average molecular weight is 300 g/mol. The van der Waals surface area contributed by atoms with Crippen molar-refractivity contribution in [3.63, 3.8) is 0 Å². The van der Waals surface area contributed by atoms with Crippen LogP contribution < -0.4 is 5.32 Å². The van der Waals surface area contributed by atoms with Gasteiger partial charge in [0.2, 0.25) is 0 Å². The maximum Gasteiger partial charge on any atom is 0.0847 e. The topological polar surface area (TPSA) is 29.9 Å². The van der Waals surface area contributed by atoms with E-state index < -0.39 is 0 Å². The zero-order valence-electron chi connectivity index (χ0n) is 14.0. The fourth-order valence-electron chi connectivity index (χ4n) is 2.37. The van der Waals surface area contributed by atoms with E-state index in [1.807, 2.05) is 18.7 Å². The first-order valence-electron chi connectivity index (χ1n) is 7.51. The third-order valence-corrected chi connectivity index (χ3v) is 4.36. The summed E-state index contributed by atoms with van der Waals surface area (Å²) in [5.74, 6) is 1.21. The molecule has 1 heterocycles. The van der Waals surface area contributed by atoms with Gasteiger partial charge in [0.25, 0.3) is 0 Å². The highest BCUT2D eigenvalue weighted by atomic mass is 35.5. The van der Waals surface area contributed by atoms with Gasteiger partial charge in [0.15, 0.2) is 0 Å². The van der Waals surface area contributed by atoms with E-state index in [1.54, 1.807) is 0 Å². The second-order valence-electron chi connectivity index (χ2n) is 7.29. The lowest BCUT2D eigenvalue weighted by Crippen LogP contribution is -2.35. The minimum absolute atomic E-state index is 0.242. The van der Waals surface area contributed by atoms with Gasteiger partial charge in [-0.1, -0.05) is 46.2 Å². The molecule has 0 fully saturated rings. The van der Waals surface area contributed by atoms with Crippen molar-refractivity contribution in [1.29, 1.82) is 0 Å². The summed E-state index contributed by atoms with van der Waals surface area (Å²) < 4.78 is 1.93. The smallest absolute Gasteiger partial charge is 0.0847 e. The molecule has 1 N–H and O–H groups in total. The Kier molecular flexibility index (Phi) is 6.08. The van der Waals surface area contributed by atoms with E-state index in [9.17, 15) is 0 Å². The van der Waals surface area contributed by atoms with Crippen molar-refractivity contribution in [2.75, 3.05) is 13.1 Å². The normalized spacial score (nSPS) is 14.1. The first-order chi connectivity index (χ1) is 9.12. The summed E-state index contributed by atoms with van der Waals surface area (Å²) in [5, 5.41) is 8.83.